The van der Waals surface area contributed by atoms with Crippen molar-refractivity contribution in [3.63, 3.8) is 0 Å². The van der Waals surface area contributed by atoms with Crippen LogP contribution in [-0.4, -0.2) is 38.6 Å². The molecule has 1 aliphatic rings. The summed E-state index contributed by atoms with van der Waals surface area (Å²) in [4.78, 5) is 12.8. The number of anilines is 1. The molecular formula is C21H24N4O2S. The van der Waals surface area contributed by atoms with Crippen molar-refractivity contribution in [3.8, 4) is 0 Å². The van der Waals surface area contributed by atoms with Gasteiger partial charge in [-0.25, -0.2) is 0 Å². The number of ether oxygens (including phenoxy) is 1. The van der Waals surface area contributed by atoms with Crippen LogP contribution in [0.5, 0.6) is 0 Å². The van der Waals surface area contributed by atoms with Crippen molar-refractivity contribution < 1.29 is 9.53 Å². The predicted octanol–water partition coefficient (Wildman–Crippen LogP) is 4.04. The molecule has 1 amide bonds. The second-order valence-electron chi connectivity index (χ2n) is 7.05. The smallest absolute Gasteiger partial charge is 0.237 e. The first kappa shape index (κ1) is 19.0. The quantitative estimate of drug-likeness (QED) is 0.637. The fraction of sp³-hybridized carbons (Fsp3) is 0.381. The maximum absolute atomic E-state index is 12.8. The van der Waals surface area contributed by atoms with Gasteiger partial charge in [0.05, 0.1) is 17.9 Å². The number of aryl methyl sites for hydroxylation is 1. The number of carbonyl (C=O) groups is 1. The van der Waals surface area contributed by atoms with Crippen LogP contribution in [0.2, 0.25) is 0 Å². The van der Waals surface area contributed by atoms with Crippen LogP contribution < -0.4 is 5.32 Å². The molecule has 4 rings (SSSR count). The van der Waals surface area contributed by atoms with Crippen LogP contribution in [0, 0.1) is 6.92 Å². The lowest BCUT2D eigenvalue weighted by atomic mass is 10.1. The third-order valence-electron chi connectivity index (χ3n) is 5.01. The Hall–Kier alpha value is -2.38. The van der Waals surface area contributed by atoms with Gasteiger partial charge in [-0.2, -0.15) is 0 Å². The SMILES string of the molecule is Cc1nnc(SC(C)C(=O)Nc2cccc3ccccc23)n1CC1CCCO1. The Labute approximate surface area is 168 Å². The maximum Gasteiger partial charge on any atom is 0.237 e. The van der Waals surface area contributed by atoms with E-state index >= 15 is 0 Å². The number of hydrogen-bond donors (Lipinski definition) is 1. The molecule has 1 saturated heterocycles. The van der Waals surface area contributed by atoms with Gasteiger partial charge in [0.15, 0.2) is 5.16 Å². The second-order valence-corrected chi connectivity index (χ2v) is 8.36. The molecule has 2 heterocycles. The highest BCUT2D eigenvalue weighted by Gasteiger charge is 2.23. The summed E-state index contributed by atoms with van der Waals surface area (Å²) >= 11 is 1.43. The van der Waals surface area contributed by atoms with Gasteiger partial charge in [-0.1, -0.05) is 48.2 Å². The predicted molar refractivity (Wildman–Crippen MR) is 112 cm³/mol. The molecule has 28 heavy (non-hydrogen) atoms. The van der Waals surface area contributed by atoms with Crippen molar-refractivity contribution in [2.24, 2.45) is 0 Å². The largest absolute Gasteiger partial charge is 0.376 e. The molecule has 1 fully saturated rings. The van der Waals surface area contributed by atoms with Crippen LogP contribution in [0.3, 0.4) is 0 Å². The van der Waals surface area contributed by atoms with Crippen LogP contribution in [0.15, 0.2) is 47.6 Å². The lowest BCUT2D eigenvalue weighted by molar-refractivity contribution is -0.115. The van der Waals surface area contributed by atoms with Gasteiger partial charge in [0.1, 0.15) is 5.82 Å². The van der Waals surface area contributed by atoms with Gasteiger partial charge in [-0.05, 0) is 38.1 Å². The molecule has 6 nitrogen and oxygen atoms in total. The monoisotopic (exact) mass is 396 g/mol. The van der Waals surface area contributed by atoms with Crippen molar-refractivity contribution in [1.82, 2.24) is 14.8 Å². The number of hydrogen-bond acceptors (Lipinski definition) is 5. The van der Waals surface area contributed by atoms with Crippen LogP contribution >= 0.6 is 11.8 Å². The number of amides is 1. The van der Waals surface area contributed by atoms with Crippen LogP contribution in [0.25, 0.3) is 10.8 Å². The normalized spacial score (nSPS) is 17.7. The lowest BCUT2D eigenvalue weighted by Gasteiger charge is -2.16. The fourth-order valence-electron chi connectivity index (χ4n) is 3.43. The van der Waals surface area contributed by atoms with E-state index in [1.807, 2.05) is 56.3 Å². The first-order valence-electron chi connectivity index (χ1n) is 9.58. The molecule has 1 aliphatic heterocycles. The summed E-state index contributed by atoms with van der Waals surface area (Å²) in [5.74, 6) is 0.797. The van der Waals surface area contributed by atoms with E-state index in [2.05, 4.69) is 20.1 Å². The zero-order chi connectivity index (χ0) is 19.5. The average molecular weight is 397 g/mol. The van der Waals surface area contributed by atoms with Gasteiger partial charge >= 0.3 is 0 Å². The fourth-order valence-corrected chi connectivity index (χ4v) is 4.34. The minimum Gasteiger partial charge on any atom is -0.376 e. The summed E-state index contributed by atoms with van der Waals surface area (Å²) in [6.45, 7) is 5.38. The van der Waals surface area contributed by atoms with Crippen molar-refractivity contribution in [2.45, 2.75) is 49.7 Å². The topological polar surface area (TPSA) is 69.0 Å². The zero-order valence-corrected chi connectivity index (χ0v) is 16.9. The van der Waals surface area contributed by atoms with Crippen LogP contribution in [0.4, 0.5) is 5.69 Å². The molecular weight excluding hydrogens is 372 g/mol. The Balaban J connectivity index is 1.46. The number of benzene rings is 2. The molecule has 1 N–H and O–H groups in total. The number of aromatic nitrogens is 3. The minimum atomic E-state index is -0.300. The number of nitrogens with zero attached hydrogens (tertiary/aromatic N) is 3. The molecule has 7 heteroatoms. The van der Waals surface area contributed by atoms with Gasteiger partial charge in [-0.3, -0.25) is 4.79 Å². The third kappa shape index (κ3) is 4.05. The Morgan fingerprint density at radius 3 is 2.93 bits per heavy atom. The minimum absolute atomic E-state index is 0.0503. The lowest BCUT2D eigenvalue weighted by Crippen LogP contribution is -2.23. The van der Waals surface area contributed by atoms with Gasteiger partial charge in [0.25, 0.3) is 0 Å². The highest BCUT2D eigenvalue weighted by Crippen LogP contribution is 2.27. The van der Waals surface area contributed by atoms with Gasteiger partial charge in [0.2, 0.25) is 5.91 Å². The van der Waals surface area contributed by atoms with E-state index < -0.39 is 0 Å². The van der Waals surface area contributed by atoms with E-state index in [0.29, 0.717) is 0 Å². The molecule has 0 saturated carbocycles. The van der Waals surface area contributed by atoms with Crippen molar-refractivity contribution in [3.05, 3.63) is 48.3 Å². The van der Waals surface area contributed by atoms with Gasteiger partial charge < -0.3 is 14.6 Å². The third-order valence-corrected chi connectivity index (χ3v) is 6.09. The molecule has 146 valence electrons. The Kier molecular flexibility index (Phi) is 5.64. The highest BCUT2D eigenvalue weighted by molar-refractivity contribution is 8.00. The Morgan fingerprint density at radius 2 is 2.11 bits per heavy atom. The van der Waals surface area contributed by atoms with Gasteiger partial charge in [0, 0.05) is 17.7 Å². The maximum atomic E-state index is 12.8. The molecule has 2 aromatic carbocycles. The summed E-state index contributed by atoms with van der Waals surface area (Å²) in [7, 11) is 0. The molecule has 0 bridgehead atoms. The summed E-state index contributed by atoms with van der Waals surface area (Å²) in [5.41, 5.74) is 0.826. The highest BCUT2D eigenvalue weighted by atomic mass is 32.2. The van der Waals surface area contributed by atoms with Crippen molar-refractivity contribution in [2.75, 3.05) is 11.9 Å². The average Bonchev–Trinajstić information content (AvgIpc) is 3.34. The molecule has 2 unspecified atom stereocenters. The van der Waals surface area contributed by atoms with Crippen LogP contribution in [-0.2, 0) is 16.1 Å². The zero-order valence-electron chi connectivity index (χ0n) is 16.1. The Morgan fingerprint density at radius 1 is 1.29 bits per heavy atom. The van der Waals surface area contributed by atoms with E-state index in [4.69, 9.17) is 4.74 Å². The number of carbonyl (C=O) groups excluding carboxylic acids is 1. The van der Waals surface area contributed by atoms with Crippen molar-refractivity contribution >= 4 is 34.1 Å². The van der Waals surface area contributed by atoms with E-state index in [1.165, 1.54) is 11.8 Å². The van der Waals surface area contributed by atoms with E-state index in [0.717, 1.165) is 53.4 Å². The molecule has 2 atom stereocenters. The van der Waals surface area contributed by atoms with E-state index in [-0.39, 0.29) is 17.3 Å². The summed E-state index contributed by atoms with van der Waals surface area (Å²) in [5, 5.41) is 14.1. The summed E-state index contributed by atoms with van der Waals surface area (Å²) in [6, 6.07) is 14.0. The number of fused-ring (bicyclic) bond motifs is 1. The number of nitrogens with one attached hydrogen (secondary N) is 1. The molecule has 0 aliphatic carbocycles. The summed E-state index contributed by atoms with van der Waals surface area (Å²) in [6.07, 6.45) is 2.35. The first-order chi connectivity index (χ1) is 13.6. The van der Waals surface area contributed by atoms with E-state index in [1.54, 1.807) is 0 Å². The first-order valence-corrected chi connectivity index (χ1v) is 10.5. The number of thioether (sulfide) groups is 1. The molecule has 1 aromatic heterocycles. The standard InChI is InChI=1S/C21H24N4O2S/c1-14(20(26)22-19-11-5-8-16-7-3-4-10-18(16)19)28-21-24-23-15(2)25(21)13-17-9-6-12-27-17/h3-5,7-8,10-11,14,17H,6,9,12-13H2,1-2H3,(H,22,26). The van der Waals surface area contributed by atoms with Crippen molar-refractivity contribution in [1.29, 1.82) is 0 Å². The van der Waals surface area contributed by atoms with E-state index in [9.17, 15) is 4.79 Å². The second kappa shape index (κ2) is 8.32. The molecule has 3 aromatic rings. The summed E-state index contributed by atoms with van der Waals surface area (Å²) < 4.78 is 7.80. The van der Waals surface area contributed by atoms with Gasteiger partial charge in [-0.15, -0.1) is 10.2 Å². The Bertz CT molecular complexity index is 976. The number of rotatable bonds is 6. The van der Waals surface area contributed by atoms with Crippen LogP contribution in [0.1, 0.15) is 25.6 Å². The molecule has 0 radical (unpaired) electrons. The molecule has 0 spiro atoms.